The zero-order chi connectivity index (χ0) is 18.4. The fourth-order valence-electron chi connectivity index (χ4n) is 6.80. The summed E-state index contributed by atoms with van der Waals surface area (Å²) in [5, 5.41) is 33.1. The molecule has 3 fully saturated rings. The number of fused-ring (bicyclic) bond motifs is 4. The van der Waals surface area contributed by atoms with E-state index < -0.39 is 17.8 Å². The van der Waals surface area contributed by atoms with Crippen molar-refractivity contribution in [3.63, 3.8) is 0 Å². The van der Waals surface area contributed by atoms with Crippen molar-refractivity contribution >= 4 is 5.97 Å². The minimum atomic E-state index is -1.22. The second kappa shape index (κ2) is 5.08. The van der Waals surface area contributed by atoms with Gasteiger partial charge in [0.05, 0.1) is 11.7 Å². The van der Waals surface area contributed by atoms with Crippen molar-refractivity contribution in [3.8, 4) is 0 Å². The first-order valence-corrected chi connectivity index (χ1v) is 9.53. The van der Waals surface area contributed by atoms with Crippen molar-refractivity contribution in [2.24, 2.45) is 22.7 Å². The number of aliphatic hydroxyl groups excluding tert-OH is 2. The van der Waals surface area contributed by atoms with E-state index in [1.165, 1.54) is 0 Å². The number of hydrogen-bond donors (Lipinski definition) is 3. The molecule has 0 aromatic heterocycles. The average molecular weight is 350 g/mol. The summed E-state index contributed by atoms with van der Waals surface area (Å²) in [7, 11) is 0. The monoisotopic (exact) mass is 350 g/mol. The molecule has 0 saturated heterocycles. The van der Waals surface area contributed by atoms with Gasteiger partial charge in [0.2, 0.25) is 0 Å². The maximum atomic E-state index is 12.0. The Labute approximate surface area is 149 Å². The summed E-state index contributed by atoms with van der Waals surface area (Å²) in [5.41, 5.74) is -0.593. The molecule has 4 aliphatic rings. The van der Waals surface area contributed by atoms with Gasteiger partial charge in [0, 0.05) is 17.1 Å². The lowest BCUT2D eigenvalue weighted by Crippen LogP contribution is -2.67. The summed E-state index contributed by atoms with van der Waals surface area (Å²) < 4.78 is 5.51. The van der Waals surface area contributed by atoms with Crippen LogP contribution in [0.1, 0.15) is 59.8 Å². The fraction of sp³-hybridized carbons (Fsp3) is 0.850. The van der Waals surface area contributed by atoms with Crippen LogP contribution in [0.15, 0.2) is 11.1 Å². The lowest BCUT2D eigenvalue weighted by atomic mass is 9.42. The highest BCUT2D eigenvalue weighted by atomic mass is 16.5. The van der Waals surface area contributed by atoms with Gasteiger partial charge in [0.25, 0.3) is 0 Å². The fourth-order valence-corrected chi connectivity index (χ4v) is 6.80. The van der Waals surface area contributed by atoms with E-state index in [-0.39, 0.29) is 34.7 Å². The van der Waals surface area contributed by atoms with Crippen LogP contribution < -0.4 is 0 Å². The van der Waals surface area contributed by atoms with Gasteiger partial charge in [-0.2, -0.15) is 0 Å². The van der Waals surface area contributed by atoms with Crippen LogP contribution in [0.3, 0.4) is 0 Å². The van der Waals surface area contributed by atoms with Crippen LogP contribution >= 0.6 is 0 Å². The molecule has 5 nitrogen and oxygen atoms in total. The van der Waals surface area contributed by atoms with Gasteiger partial charge in [-0.15, -0.1) is 0 Å². The van der Waals surface area contributed by atoms with E-state index in [9.17, 15) is 20.1 Å². The summed E-state index contributed by atoms with van der Waals surface area (Å²) in [6.07, 6.45) is 1.55. The largest absolute Gasteiger partial charge is 0.454 e. The van der Waals surface area contributed by atoms with Gasteiger partial charge >= 0.3 is 5.97 Å². The van der Waals surface area contributed by atoms with Crippen LogP contribution in [0.4, 0.5) is 0 Å². The zero-order valence-corrected chi connectivity index (χ0v) is 15.6. The van der Waals surface area contributed by atoms with Crippen LogP contribution in [-0.4, -0.2) is 45.2 Å². The number of hydrogen-bond acceptors (Lipinski definition) is 5. The van der Waals surface area contributed by atoms with Gasteiger partial charge in [-0.1, -0.05) is 20.8 Å². The average Bonchev–Trinajstić information content (AvgIpc) is 2.81. The molecule has 3 aliphatic carbocycles. The minimum Gasteiger partial charge on any atom is -0.454 e. The Kier molecular flexibility index (Phi) is 3.56. The second-order valence-corrected chi connectivity index (χ2v) is 9.63. The minimum absolute atomic E-state index is 0.145. The van der Waals surface area contributed by atoms with Crippen LogP contribution in [-0.2, 0) is 9.53 Å². The van der Waals surface area contributed by atoms with E-state index in [1.807, 2.05) is 0 Å². The van der Waals surface area contributed by atoms with Crippen LogP contribution in [0.25, 0.3) is 0 Å². The van der Waals surface area contributed by atoms with E-state index in [2.05, 4.69) is 20.8 Å². The highest BCUT2D eigenvalue weighted by molar-refractivity contribution is 5.92. The van der Waals surface area contributed by atoms with Gasteiger partial charge in [-0.25, -0.2) is 4.79 Å². The van der Waals surface area contributed by atoms with Gasteiger partial charge in [-0.3, -0.25) is 0 Å². The summed E-state index contributed by atoms with van der Waals surface area (Å²) in [6, 6.07) is 0. The molecule has 0 aromatic carbocycles. The quantitative estimate of drug-likeness (QED) is 0.581. The summed E-state index contributed by atoms with van der Waals surface area (Å²) in [6.45, 7) is 8.12. The van der Waals surface area contributed by atoms with E-state index in [0.717, 1.165) is 12.8 Å². The molecule has 0 bridgehead atoms. The smallest absolute Gasteiger partial charge is 0.334 e. The van der Waals surface area contributed by atoms with Crippen molar-refractivity contribution in [3.05, 3.63) is 11.1 Å². The number of rotatable bonds is 0. The molecule has 0 radical (unpaired) electrons. The SMILES string of the molecule is CC1=C2[C@@H](O)[C@]3(O)CC[C@H]4C(C)(C)[C@H](O)CC[C@]4(C)[C@H]3C[C@H]2OC1=O. The van der Waals surface area contributed by atoms with E-state index >= 15 is 0 Å². The predicted molar refractivity (Wildman–Crippen MR) is 91.5 cm³/mol. The Morgan fingerprint density at radius 2 is 1.76 bits per heavy atom. The molecule has 5 heteroatoms. The third-order valence-corrected chi connectivity index (χ3v) is 8.30. The highest BCUT2D eigenvalue weighted by Gasteiger charge is 2.66. The molecule has 7 atom stereocenters. The maximum absolute atomic E-state index is 12.0. The molecule has 140 valence electrons. The van der Waals surface area contributed by atoms with Crippen molar-refractivity contribution in [1.82, 2.24) is 0 Å². The summed E-state index contributed by atoms with van der Waals surface area (Å²) >= 11 is 0. The maximum Gasteiger partial charge on any atom is 0.334 e. The lowest BCUT2D eigenvalue weighted by molar-refractivity contribution is -0.240. The molecule has 0 spiro atoms. The highest BCUT2D eigenvalue weighted by Crippen LogP contribution is 2.65. The third kappa shape index (κ3) is 2.03. The molecule has 1 heterocycles. The van der Waals surface area contributed by atoms with Crippen LogP contribution in [0.5, 0.6) is 0 Å². The van der Waals surface area contributed by atoms with E-state index in [0.29, 0.717) is 30.4 Å². The number of aliphatic hydroxyl groups is 3. The molecule has 0 unspecified atom stereocenters. The molecule has 0 amide bonds. The molecular weight excluding hydrogens is 320 g/mol. The molecule has 25 heavy (non-hydrogen) atoms. The Balaban J connectivity index is 1.78. The van der Waals surface area contributed by atoms with Gasteiger partial charge in [0.1, 0.15) is 12.2 Å². The number of carbonyl (C=O) groups is 1. The van der Waals surface area contributed by atoms with Crippen LogP contribution in [0.2, 0.25) is 0 Å². The molecule has 4 rings (SSSR count). The Hall–Kier alpha value is -0.910. The second-order valence-electron chi connectivity index (χ2n) is 9.63. The Morgan fingerprint density at radius 3 is 2.44 bits per heavy atom. The first-order chi connectivity index (χ1) is 11.5. The normalized spacial score (nSPS) is 51.5. The Bertz CT molecular complexity index is 652. The number of carbonyl (C=O) groups excluding carboxylic acids is 1. The lowest BCUT2D eigenvalue weighted by Gasteiger charge is -2.65. The molecular formula is C20H30O5. The summed E-state index contributed by atoms with van der Waals surface area (Å²) in [4.78, 5) is 12.0. The van der Waals surface area contributed by atoms with E-state index in [1.54, 1.807) is 6.92 Å². The first-order valence-electron chi connectivity index (χ1n) is 9.53. The van der Waals surface area contributed by atoms with Gasteiger partial charge in [0.15, 0.2) is 0 Å². The third-order valence-electron chi connectivity index (χ3n) is 8.30. The van der Waals surface area contributed by atoms with E-state index in [4.69, 9.17) is 4.74 Å². The molecule has 0 aromatic rings. The van der Waals surface area contributed by atoms with Crippen molar-refractivity contribution in [2.45, 2.75) is 83.7 Å². The van der Waals surface area contributed by atoms with Gasteiger partial charge < -0.3 is 20.1 Å². The number of esters is 1. The zero-order valence-electron chi connectivity index (χ0n) is 15.6. The van der Waals surface area contributed by atoms with Crippen molar-refractivity contribution in [1.29, 1.82) is 0 Å². The van der Waals surface area contributed by atoms with Gasteiger partial charge in [-0.05, 0) is 55.8 Å². The summed E-state index contributed by atoms with van der Waals surface area (Å²) in [5.74, 6) is -0.250. The number of ether oxygens (including phenoxy) is 1. The first kappa shape index (κ1) is 17.5. The molecule has 3 N–H and O–H groups in total. The van der Waals surface area contributed by atoms with Crippen molar-refractivity contribution in [2.75, 3.05) is 0 Å². The standard InChI is InChI=1S/C20H30O5/c1-10-15-11(25-17(10)23)9-13-19(4)7-6-14(21)18(2,3)12(19)5-8-20(13,24)16(15)22/h11-14,16,21-22,24H,5-9H2,1-4H3/t11-,12+,13-,14-,16-,19+,20+/m1/s1. The predicted octanol–water partition coefficient (Wildman–Crippen LogP) is 1.94. The molecule has 1 aliphatic heterocycles. The Morgan fingerprint density at radius 1 is 1.08 bits per heavy atom. The topological polar surface area (TPSA) is 87.0 Å². The molecule has 3 saturated carbocycles. The van der Waals surface area contributed by atoms with Crippen molar-refractivity contribution < 1.29 is 24.9 Å². The van der Waals surface area contributed by atoms with Crippen LogP contribution in [0, 0.1) is 22.7 Å².